The molecule has 0 radical (unpaired) electrons. The molecule has 182 valence electrons. The summed E-state index contributed by atoms with van der Waals surface area (Å²) in [5.41, 5.74) is 1.94. The third-order valence-corrected chi connectivity index (χ3v) is 9.39. The summed E-state index contributed by atoms with van der Waals surface area (Å²) in [6, 6.07) is 13.9. The van der Waals surface area contributed by atoms with Crippen molar-refractivity contribution in [3.05, 3.63) is 51.8 Å². The first kappa shape index (κ1) is 22.9. The van der Waals surface area contributed by atoms with E-state index in [4.69, 9.17) is 10.5 Å². The van der Waals surface area contributed by atoms with Crippen molar-refractivity contribution < 1.29 is 4.79 Å². The molecule has 7 rings (SSSR count). The number of hydrogen-bond acceptors (Lipinski definition) is 6. The lowest BCUT2D eigenvalue weighted by Crippen LogP contribution is -2.67. The van der Waals surface area contributed by atoms with Gasteiger partial charge in [0.2, 0.25) is 5.91 Å². The van der Waals surface area contributed by atoms with Crippen LogP contribution in [0.25, 0.3) is 10.9 Å². The Morgan fingerprint density at radius 1 is 1.08 bits per heavy atom. The molecule has 3 aliphatic carbocycles. The maximum absolute atomic E-state index is 13.4. The zero-order valence-electron chi connectivity index (χ0n) is 20.2. The number of nitriles is 2. The second kappa shape index (κ2) is 8.87. The van der Waals surface area contributed by atoms with Crippen LogP contribution in [-0.2, 0) is 11.3 Å². The normalized spacial score (nSPS) is 25.8. The average Bonchev–Trinajstić information content (AvgIpc) is 3.60. The van der Waals surface area contributed by atoms with Gasteiger partial charge >= 0.3 is 0 Å². The molecule has 1 amide bonds. The van der Waals surface area contributed by atoms with E-state index in [1.807, 2.05) is 47.4 Å². The van der Waals surface area contributed by atoms with Gasteiger partial charge in [-0.3, -0.25) is 9.48 Å². The zero-order valence-corrected chi connectivity index (χ0v) is 21.0. The molecule has 0 N–H and O–H groups in total. The smallest absolute Gasteiger partial charge is 0.249 e. The monoisotopic (exact) mass is 496 g/mol. The van der Waals surface area contributed by atoms with Crippen molar-refractivity contribution in [2.75, 3.05) is 0 Å². The molecule has 3 aromatic rings. The molecule has 8 heteroatoms. The summed E-state index contributed by atoms with van der Waals surface area (Å²) in [4.78, 5) is 15.1. The van der Waals surface area contributed by atoms with E-state index in [2.05, 4.69) is 22.3 Å². The largest absolute Gasteiger partial charge is 0.272 e. The maximum atomic E-state index is 13.4. The van der Waals surface area contributed by atoms with Gasteiger partial charge in [-0.2, -0.15) is 20.7 Å². The maximum Gasteiger partial charge on any atom is 0.249 e. The van der Waals surface area contributed by atoms with Gasteiger partial charge in [0, 0.05) is 29.4 Å². The number of benzene rings is 1. The number of rotatable bonds is 9. The standard InChI is InChI=1S/C28H28N6OS/c29-14-20-5-7-23-21(13-20)16-32-33(23)12-4-2-1-3-10-27-17-28(18-27,19-27)26(35)34-24(9-11-31-34)25-8-6-22(15-30)36-25/h5-8,11,13,16,24H,1-4,9-10,12,17-19H2. The average molecular weight is 497 g/mol. The Kier molecular flexibility index (Phi) is 5.65. The highest BCUT2D eigenvalue weighted by molar-refractivity contribution is 7.12. The van der Waals surface area contributed by atoms with Gasteiger partial charge in [-0.15, -0.1) is 11.3 Å². The Labute approximate surface area is 214 Å². The van der Waals surface area contributed by atoms with E-state index < -0.39 is 0 Å². The fourth-order valence-electron chi connectivity index (χ4n) is 6.62. The van der Waals surface area contributed by atoms with Gasteiger partial charge in [0.25, 0.3) is 0 Å². The Hall–Kier alpha value is -3.49. The number of thiophene rings is 1. The molecule has 2 aromatic heterocycles. The van der Waals surface area contributed by atoms with Crippen LogP contribution in [0.15, 0.2) is 41.6 Å². The summed E-state index contributed by atoms with van der Waals surface area (Å²) in [5.74, 6) is 0.184. The predicted octanol–water partition coefficient (Wildman–Crippen LogP) is 5.92. The fraction of sp³-hybridized carbons (Fsp3) is 0.464. The number of nitrogens with zero attached hydrogens (tertiary/aromatic N) is 6. The van der Waals surface area contributed by atoms with Crippen LogP contribution in [0.5, 0.6) is 0 Å². The van der Waals surface area contributed by atoms with Crippen LogP contribution in [0.4, 0.5) is 0 Å². The summed E-state index contributed by atoms with van der Waals surface area (Å²) in [7, 11) is 0. The second-order valence-electron chi connectivity index (χ2n) is 10.7. The first-order valence-electron chi connectivity index (χ1n) is 12.8. The van der Waals surface area contributed by atoms with Gasteiger partial charge in [-0.1, -0.05) is 19.3 Å². The molecule has 0 spiro atoms. The minimum Gasteiger partial charge on any atom is -0.272 e. The van der Waals surface area contributed by atoms with Crippen molar-refractivity contribution in [2.45, 2.75) is 70.4 Å². The molecule has 1 atom stereocenters. The number of carbonyl (C=O) groups excluding carboxylic acids is 1. The third-order valence-electron chi connectivity index (χ3n) is 8.30. The van der Waals surface area contributed by atoms with Crippen molar-refractivity contribution in [1.82, 2.24) is 14.8 Å². The van der Waals surface area contributed by atoms with E-state index in [1.165, 1.54) is 37.0 Å². The van der Waals surface area contributed by atoms with Gasteiger partial charge < -0.3 is 0 Å². The summed E-state index contributed by atoms with van der Waals surface area (Å²) in [6.45, 7) is 0.899. The van der Waals surface area contributed by atoms with Gasteiger partial charge in [-0.05, 0) is 67.9 Å². The number of aryl methyl sites for hydroxylation is 1. The lowest BCUT2D eigenvalue weighted by atomic mass is 9.34. The summed E-state index contributed by atoms with van der Waals surface area (Å²) in [5, 5.41) is 29.8. The fourth-order valence-corrected chi connectivity index (χ4v) is 7.52. The lowest BCUT2D eigenvalue weighted by Gasteiger charge is -2.70. The third kappa shape index (κ3) is 3.81. The highest BCUT2D eigenvalue weighted by Crippen LogP contribution is 2.76. The Morgan fingerprint density at radius 3 is 2.69 bits per heavy atom. The predicted molar refractivity (Wildman–Crippen MR) is 138 cm³/mol. The van der Waals surface area contributed by atoms with Crippen molar-refractivity contribution in [2.24, 2.45) is 15.9 Å². The van der Waals surface area contributed by atoms with Gasteiger partial charge in [0.15, 0.2) is 0 Å². The first-order chi connectivity index (χ1) is 17.5. The number of aromatic nitrogens is 2. The molecule has 3 fully saturated rings. The van der Waals surface area contributed by atoms with Crippen molar-refractivity contribution in [1.29, 1.82) is 10.5 Å². The Morgan fingerprint density at radius 2 is 1.92 bits per heavy atom. The molecule has 1 aromatic carbocycles. The topological polar surface area (TPSA) is 98.1 Å². The van der Waals surface area contributed by atoms with Crippen LogP contribution in [-0.4, -0.2) is 26.9 Å². The van der Waals surface area contributed by atoms with E-state index >= 15 is 0 Å². The Balaban J connectivity index is 0.936. The van der Waals surface area contributed by atoms with E-state index in [9.17, 15) is 4.79 Å². The number of hydrazone groups is 1. The van der Waals surface area contributed by atoms with E-state index in [0.29, 0.717) is 15.9 Å². The number of amides is 1. The van der Waals surface area contributed by atoms with E-state index in [0.717, 1.165) is 54.4 Å². The molecule has 1 unspecified atom stereocenters. The van der Waals surface area contributed by atoms with Crippen LogP contribution in [0, 0.1) is 33.5 Å². The molecule has 3 saturated carbocycles. The number of carbonyl (C=O) groups is 1. The van der Waals surface area contributed by atoms with Gasteiger partial charge in [0.1, 0.15) is 10.9 Å². The molecule has 2 bridgehead atoms. The molecule has 3 heterocycles. The lowest BCUT2D eigenvalue weighted by molar-refractivity contribution is -0.220. The minimum atomic E-state index is -0.193. The minimum absolute atomic E-state index is 0.0464. The van der Waals surface area contributed by atoms with Crippen LogP contribution in [0.3, 0.4) is 0 Å². The molecule has 0 saturated heterocycles. The van der Waals surface area contributed by atoms with Crippen LogP contribution in [0.1, 0.15) is 79.1 Å². The van der Waals surface area contributed by atoms with E-state index in [1.54, 1.807) is 5.01 Å². The van der Waals surface area contributed by atoms with E-state index in [-0.39, 0.29) is 17.4 Å². The number of fused-ring (bicyclic) bond motifs is 1. The van der Waals surface area contributed by atoms with Crippen molar-refractivity contribution >= 4 is 34.4 Å². The molecule has 1 aliphatic heterocycles. The Bertz CT molecular complexity index is 1420. The van der Waals surface area contributed by atoms with Gasteiger partial charge in [-0.25, -0.2) is 5.01 Å². The zero-order chi connectivity index (χ0) is 24.8. The second-order valence-corrected chi connectivity index (χ2v) is 11.9. The highest BCUT2D eigenvalue weighted by Gasteiger charge is 2.71. The molecule has 7 nitrogen and oxygen atoms in total. The van der Waals surface area contributed by atoms with Crippen molar-refractivity contribution in [3.8, 4) is 12.1 Å². The number of hydrogen-bond donors (Lipinski definition) is 0. The molecule has 36 heavy (non-hydrogen) atoms. The highest BCUT2D eigenvalue weighted by atomic mass is 32.1. The quantitative estimate of drug-likeness (QED) is 0.343. The molecule has 4 aliphatic rings. The molecular weight excluding hydrogens is 468 g/mol. The summed E-state index contributed by atoms with van der Waals surface area (Å²) < 4.78 is 2.04. The van der Waals surface area contributed by atoms with Crippen LogP contribution < -0.4 is 0 Å². The van der Waals surface area contributed by atoms with Crippen LogP contribution in [0.2, 0.25) is 0 Å². The SMILES string of the molecule is N#Cc1ccc2c(cnn2CCCCCCC23CC(C(=O)N4N=CCC4c4ccc(C#N)s4)(C2)C3)c1. The van der Waals surface area contributed by atoms with Crippen LogP contribution >= 0.6 is 11.3 Å². The molecular formula is C28H28N6OS. The van der Waals surface area contributed by atoms with Gasteiger partial charge in [0.05, 0.1) is 34.8 Å². The van der Waals surface area contributed by atoms with Crippen molar-refractivity contribution in [3.63, 3.8) is 0 Å². The summed E-state index contributed by atoms with van der Waals surface area (Å²) >= 11 is 1.47. The number of unbranched alkanes of at least 4 members (excludes halogenated alkanes) is 3. The summed E-state index contributed by atoms with van der Waals surface area (Å²) in [6.07, 6.45) is 13.3. The first-order valence-corrected chi connectivity index (χ1v) is 13.6.